The van der Waals surface area contributed by atoms with E-state index in [4.69, 9.17) is 0 Å². The van der Waals surface area contributed by atoms with Crippen molar-refractivity contribution in [3.63, 3.8) is 0 Å². The van der Waals surface area contributed by atoms with Gasteiger partial charge in [0.25, 0.3) is 0 Å². The molecule has 3 heterocycles. The van der Waals surface area contributed by atoms with Gasteiger partial charge in [-0.2, -0.15) is 0 Å². The first-order valence-electron chi connectivity index (χ1n) is 19.9. The molecule has 9 nitrogen and oxygen atoms in total. The van der Waals surface area contributed by atoms with Gasteiger partial charge in [0.05, 0.1) is 30.8 Å². The summed E-state index contributed by atoms with van der Waals surface area (Å²) in [6, 6.07) is 30.7. The van der Waals surface area contributed by atoms with Gasteiger partial charge in [-0.15, -0.1) is 0 Å². The van der Waals surface area contributed by atoms with Crippen molar-refractivity contribution in [2.24, 2.45) is 5.92 Å². The summed E-state index contributed by atoms with van der Waals surface area (Å²) in [5.41, 5.74) is 9.03. The second-order valence-electron chi connectivity index (χ2n) is 15.3. The van der Waals surface area contributed by atoms with Crippen molar-refractivity contribution in [1.82, 2.24) is 14.8 Å². The summed E-state index contributed by atoms with van der Waals surface area (Å²) in [5, 5.41) is 9.99. The molecule has 1 unspecified atom stereocenters. The van der Waals surface area contributed by atoms with E-state index in [2.05, 4.69) is 87.3 Å². The maximum Gasteiger partial charge on any atom is 0.228 e. The highest BCUT2D eigenvalue weighted by Gasteiger charge is 2.32. The molecule has 2 aliphatic heterocycles. The van der Waals surface area contributed by atoms with Crippen molar-refractivity contribution in [3.05, 3.63) is 120 Å². The van der Waals surface area contributed by atoms with Crippen LogP contribution in [0, 0.1) is 5.92 Å². The summed E-state index contributed by atoms with van der Waals surface area (Å²) in [7, 11) is 1.65. The molecule has 9 heteroatoms. The summed E-state index contributed by atoms with van der Waals surface area (Å²) in [6.45, 7) is 9.38. The molecular weight excluding hydrogens is 687 g/mol. The van der Waals surface area contributed by atoms with Crippen LogP contribution in [-0.4, -0.2) is 96.3 Å². The molecule has 2 saturated heterocycles. The van der Waals surface area contributed by atoms with E-state index in [9.17, 15) is 19.5 Å². The van der Waals surface area contributed by atoms with Crippen LogP contribution in [0.2, 0.25) is 0 Å². The number of Topliss-reactive ketones (excluding diaryl/α,β-unsaturated/α-hetero) is 2. The van der Waals surface area contributed by atoms with E-state index in [0.29, 0.717) is 24.5 Å². The topological polar surface area (TPSA) is 97.3 Å². The first kappa shape index (κ1) is 38.0. The number of allylic oxidation sites excluding steroid dienone is 1. The molecule has 286 valence electrons. The second-order valence-corrected chi connectivity index (χ2v) is 15.3. The van der Waals surface area contributed by atoms with E-state index in [0.717, 1.165) is 63.5 Å². The first-order valence-corrected chi connectivity index (χ1v) is 19.9. The quantitative estimate of drug-likeness (QED) is 0.131. The average molecular weight is 740 g/mol. The van der Waals surface area contributed by atoms with E-state index in [-0.39, 0.29) is 36.1 Å². The van der Waals surface area contributed by atoms with Crippen LogP contribution < -0.4 is 9.80 Å². The zero-order valence-corrected chi connectivity index (χ0v) is 32.2. The predicted molar refractivity (Wildman–Crippen MR) is 219 cm³/mol. The van der Waals surface area contributed by atoms with E-state index in [1.165, 1.54) is 45.7 Å². The van der Waals surface area contributed by atoms with Crippen molar-refractivity contribution in [2.45, 2.75) is 57.9 Å². The zero-order chi connectivity index (χ0) is 38.3. The van der Waals surface area contributed by atoms with E-state index in [1.54, 1.807) is 19.2 Å². The molecule has 1 N–H and O–H groups in total. The molecule has 1 aromatic heterocycles. The van der Waals surface area contributed by atoms with Gasteiger partial charge in [0.1, 0.15) is 11.5 Å². The Hall–Kier alpha value is -5.28. The molecule has 1 saturated carbocycles. The molecule has 4 aromatic rings. The average Bonchev–Trinajstić information content (AvgIpc) is 3.21. The Kier molecular flexibility index (Phi) is 12.1. The fourth-order valence-corrected chi connectivity index (χ4v) is 8.50. The number of rotatable bonds is 11. The molecule has 7 rings (SSSR count). The Balaban J connectivity index is 0.889. The Morgan fingerprint density at radius 1 is 0.764 bits per heavy atom. The third-order valence-corrected chi connectivity index (χ3v) is 11.8. The molecule has 0 spiro atoms. The number of phenolic OH excluding ortho intramolecular Hbond substituents is 1. The number of benzene rings is 3. The van der Waals surface area contributed by atoms with Gasteiger partial charge in [0.2, 0.25) is 5.91 Å². The number of aromatic nitrogens is 1. The molecule has 0 radical (unpaired) electrons. The van der Waals surface area contributed by atoms with E-state index in [1.807, 2.05) is 24.4 Å². The lowest BCUT2D eigenvalue weighted by Gasteiger charge is -2.40. The first-order chi connectivity index (χ1) is 26.7. The van der Waals surface area contributed by atoms with Crippen LogP contribution >= 0.6 is 0 Å². The highest BCUT2D eigenvalue weighted by atomic mass is 16.3. The number of pyridine rings is 1. The number of hydrogen-bond donors (Lipinski definition) is 1. The van der Waals surface area contributed by atoms with Crippen LogP contribution in [0.1, 0.15) is 67.8 Å². The monoisotopic (exact) mass is 739 g/mol. The lowest BCUT2D eigenvalue weighted by Crippen LogP contribution is -2.49. The van der Waals surface area contributed by atoms with Gasteiger partial charge in [-0.25, -0.2) is 0 Å². The van der Waals surface area contributed by atoms with Crippen LogP contribution in [0.3, 0.4) is 0 Å². The number of piperazine rings is 1. The third-order valence-electron chi connectivity index (χ3n) is 11.8. The van der Waals surface area contributed by atoms with Gasteiger partial charge < -0.3 is 19.8 Å². The minimum absolute atomic E-state index is 0.0412. The molecule has 3 fully saturated rings. The van der Waals surface area contributed by atoms with Gasteiger partial charge in [0.15, 0.2) is 5.78 Å². The molecule has 0 bridgehead atoms. The van der Waals surface area contributed by atoms with Crippen LogP contribution in [0.5, 0.6) is 5.75 Å². The van der Waals surface area contributed by atoms with Crippen LogP contribution in [0.25, 0.3) is 11.1 Å². The standard InChI is InChI=1S/C46H53N5O4/c1-3-42(34-7-5-4-6-8-34)46(36-11-17-40(52)18-12-36)35-9-14-38(15-10-35)50-23-21-33(22-24-50)32-49-25-27-51(28-26-49)39-16-13-37(47-31-39)29-45(55)48(2)43-20-19-41(53)30-44(43)54/h4-18,31,33,43,52H,3,19-30,32H2,1-2H3/b46-42+. The lowest BCUT2D eigenvalue weighted by atomic mass is 9.88. The van der Waals surface area contributed by atoms with E-state index >= 15 is 0 Å². The second kappa shape index (κ2) is 17.5. The number of ketones is 2. The number of anilines is 2. The number of piperidine rings is 1. The lowest BCUT2D eigenvalue weighted by molar-refractivity contribution is -0.141. The summed E-state index contributed by atoms with van der Waals surface area (Å²) in [5.74, 6) is 0.603. The number of hydrogen-bond acceptors (Lipinski definition) is 8. The normalized spacial score (nSPS) is 19.0. The SMILES string of the molecule is CC/C(=C(\c1ccc(O)cc1)c1ccc(N2CCC(CN3CCN(c4ccc(CC(=O)N(C)C5CCC(=O)CC5=O)nc4)CC3)CC2)cc1)c1ccccc1. The summed E-state index contributed by atoms with van der Waals surface area (Å²) >= 11 is 0. The molecular formula is C46H53N5O4. The number of carbonyl (C=O) groups excluding carboxylic acids is 3. The minimum atomic E-state index is -0.513. The largest absolute Gasteiger partial charge is 0.508 e. The van der Waals surface area contributed by atoms with Gasteiger partial charge in [0, 0.05) is 70.7 Å². The van der Waals surface area contributed by atoms with Crippen LogP contribution in [0.4, 0.5) is 11.4 Å². The predicted octanol–water partition coefficient (Wildman–Crippen LogP) is 6.89. The number of phenols is 1. The van der Waals surface area contributed by atoms with Crippen molar-refractivity contribution < 1.29 is 19.5 Å². The molecule has 1 aliphatic carbocycles. The molecule has 1 atom stereocenters. The van der Waals surface area contributed by atoms with Crippen LogP contribution in [0.15, 0.2) is 97.2 Å². The van der Waals surface area contributed by atoms with Gasteiger partial charge in [-0.3, -0.25) is 24.3 Å². The number of carbonyl (C=O) groups is 3. The smallest absolute Gasteiger partial charge is 0.228 e. The van der Waals surface area contributed by atoms with Crippen LogP contribution in [-0.2, 0) is 20.8 Å². The molecule has 1 amide bonds. The van der Waals surface area contributed by atoms with Crippen molar-refractivity contribution in [1.29, 1.82) is 0 Å². The minimum Gasteiger partial charge on any atom is -0.508 e. The fourth-order valence-electron chi connectivity index (χ4n) is 8.50. The Morgan fingerprint density at radius 2 is 1.40 bits per heavy atom. The number of nitrogens with zero attached hydrogens (tertiary/aromatic N) is 5. The van der Waals surface area contributed by atoms with E-state index < -0.39 is 6.04 Å². The zero-order valence-electron chi connectivity index (χ0n) is 32.2. The number of amides is 1. The Morgan fingerprint density at radius 3 is 2.02 bits per heavy atom. The van der Waals surface area contributed by atoms with Crippen molar-refractivity contribution in [3.8, 4) is 5.75 Å². The van der Waals surface area contributed by atoms with Gasteiger partial charge in [-0.1, -0.05) is 61.5 Å². The number of likely N-dealkylation sites (N-methyl/N-ethyl adjacent to an activating group) is 1. The highest BCUT2D eigenvalue weighted by Crippen LogP contribution is 2.36. The summed E-state index contributed by atoms with van der Waals surface area (Å²) < 4.78 is 0. The maximum atomic E-state index is 12.9. The number of aromatic hydroxyl groups is 1. The Labute approximate surface area is 325 Å². The van der Waals surface area contributed by atoms with Gasteiger partial charge in [-0.05, 0) is 95.8 Å². The summed E-state index contributed by atoms with van der Waals surface area (Å²) in [6.07, 6.45) is 5.95. The molecule has 55 heavy (non-hydrogen) atoms. The maximum absolute atomic E-state index is 12.9. The Bertz CT molecular complexity index is 1960. The third kappa shape index (κ3) is 9.16. The summed E-state index contributed by atoms with van der Waals surface area (Å²) in [4.78, 5) is 50.4. The fraction of sp³-hybridized carbons (Fsp3) is 0.391. The van der Waals surface area contributed by atoms with Crippen molar-refractivity contribution in [2.75, 3.05) is 62.7 Å². The molecule has 3 aliphatic rings. The highest BCUT2D eigenvalue weighted by molar-refractivity contribution is 6.05. The molecule has 3 aromatic carbocycles. The van der Waals surface area contributed by atoms with Gasteiger partial charge >= 0.3 is 0 Å². The van der Waals surface area contributed by atoms with Crippen molar-refractivity contribution >= 4 is 40.0 Å².